The van der Waals surface area contributed by atoms with Gasteiger partial charge >= 0.3 is 0 Å². The summed E-state index contributed by atoms with van der Waals surface area (Å²) in [6.45, 7) is 5.47. The first kappa shape index (κ1) is 28.8. The van der Waals surface area contributed by atoms with Crippen LogP contribution in [0.3, 0.4) is 0 Å². The Morgan fingerprint density at radius 1 is 1.10 bits per heavy atom. The Balaban J connectivity index is 1.62. The van der Waals surface area contributed by atoms with Crippen LogP contribution in [0.1, 0.15) is 52.3 Å². The minimum Gasteiger partial charge on any atom is -0.442 e. The van der Waals surface area contributed by atoms with Gasteiger partial charge in [-0.3, -0.25) is 14.4 Å². The third kappa shape index (κ3) is 6.43. The fourth-order valence-electron chi connectivity index (χ4n) is 4.02. The number of hydrogen-bond donors (Lipinski definition) is 1. The van der Waals surface area contributed by atoms with E-state index in [0.717, 1.165) is 10.4 Å². The predicted octanol–water partition coefficient (Wildman–Crippen LogP) is 6.00. The van der Waals surface area contributed by atoms with Crippen molar-refractivity contribution in [3.63, 3.8) is 0 Å². The van der Waals surface area contributed by atoms with E-state index in [-0.39, 0.29) is 29.6 Å². The number of anilines is 1. The second kappa shape index (κ2) is 12.0. The number of nitrogens with zero attached hydrogens (tertiary/aromatic N) is 4. The van der Waals surface area contributed by atoms with Crippen molar-refractivity contribution in [2.45, 2.75) is 33.9 Å². The average molecular weight is 600 g/mol. The molecule has 11 heteroatoms. The molecule has 0 atom stereocenters. The summed E-state index contributed by atoms with van der Waals surface area (Å²) in [6, 6.07) is 16.3. The van der Waals surface area contributed by atoms with Crippen LogP contribution in [0, 0.1) is 17.3 Å². The van der Waals surface area contributed by atoms with Gasteiger partial charge < -0.3 is 14.3 Å². The predicted molar refractivity (Wildman–Crippen MR) is 162 cm³/mol. The van der Waals surface area contributed by atoms with Gasteiger partial charge in [0.15, 0.2) is 0 Å². The maximum Gasteiger partial charge on any atom is 0.264 e. The van der Waals surface area contributed by atoms with Crippen molar-refractivity contribution < 1.29 is 14.0 Å². The van der Waals surface area contributed by atoms with E-state index in [1.807, 2.05) is 36.4 Å². The highest BCUT2D eigenvalue weighted by molar-refractivity contribution is 7.16. The minimum atomic E-state index is -0.763. The lowest BCUT2D eigenvalue weighted by atomic mass is 9.96. The van der Waals surface area contributed by atoms with Gasteiger partial charge in [-0.2, -0.15) is 9.78 Å². The van der Waals surface area contributed by atoms with E-state index in [4.69, 9.17) is 16.0 Å². The monoisotopic (exact) mass is 599 g/mol. The third-order valence-electron chi connectivity index (χ3n) is 6.14. The third-order valence-corrected chi connectivity index (χ3v) is 7.37. The molecule has 0 unspecified atom stereocenters. The number of halogens is 1. The Bertz CT molecular complexity index is 1870. The molecule has 0 aliphatic rings. The summed E-state index contributed by atoms with van der Waals surface area (Å²) in [5.74, 6) is 5.72. The highest BCUT2D eigenvalue weighted by Gasteiger charge is 2.28. The molecule has 0 aliphatic heterocycles. The van der Waals surface area contributed by atoms with Crippen molar-refractivity contribution in [3.05, 3.63) is 110 Å². The largest absolute Gasteiger partial charge is 0.442 e. The molecule has 5 aromatic rings. The molecular formula is C31H26ClN5O4S. The summed E-state index contributed by atoms with van der Waals surface area (Å²) in [5, 5.41) is 7.86. The van der Waals surface area contributed by atoms with E-state index >= 15 is 0 Å². The van der Waals surface area contributed by atoms with Crippen LogP contribution < -0.4 is 10.9 Å². The second-order valence-electron chi connectivity index (χ2n) is 10.4. The normalized spacial score (nSPS) is 11.1. The molecule has 9 nitrogen and oxygen atoms in total. The molecule has 0 saturated heterocycles. The Morgan fingerprint density at radius 2 is 1.88 bits per heavy atom. The summed E-state index contributed by atoms with van der Waals surface area (Å²) in [4.78, 5) is 44.9. The molecule has 4 aromatic heterocycles. The summed E-state index contributed by atoms with van der Waals surface area (Å²) in [6.07, 6.45) is 4.15. The van der Waals surface area contributed by atoms with Gasteiger partial charge in [-0.15, -0.1) is 11.3 Å². The van der Waals surface area contributed by atoms with Crippen LogP contribution in [0.5, 0.6) is 0 Å². The SMILES string of the molecule is CC(C)(C)C(=O)n1nc(-c2c(C#Cc3ccccc3)ccn(CC(=O)c3ncco3)c2=O)cc1NCc1ccc(Cl)s1. The highest BCUT2D eigenvalue weighted by Crippen LogP contribution is 2.28. The summed E-state index contributed by atoms with van der Waals surface area (Å²) in [7, 11) is 0. The molecule has 0 amide bonds. The number of carbonyl (C=O) groups excluding carboxylic acids is 2. The van der Waals surface area contributed by atoms with Crippen LogP contribution in [0.15, 0.2) is 82.5 Å². The van der Waals surface area contributed by atoms with Crippen molar-refractivity contribution in [2.24, 2.45) is 5.41 Å². The Morgan fingerprint density at radius 3 is 2.55 bits per heavy atom. The molecular weight excluding hydrogens is 574 g/mol. The minimum absolute atomic E-state index is 0.100. The second-order valence-corrected chi connectivity index (χ2v) is 12.2. The first-order valence-electron chi connectivity index (χ1n) is 13.0. The van der Waals surface area contributed by atoms with Gasteiger partial charge in [0.05, 0.1) is 29.2 Å². The summed E-state index contributed by atoms with van der Waals surface area (Å²) >= 11 is 7.51. The van der Waals surface area contributed by atoms with Crippen LogP contribution in [-0.2, 0) is 13.1 Å². The van der Waals surface area contributed by atoms with Crippen molar-refractivity contribution in [2.75, 3.05) is 5.32 Å². The lowest BCUT2D eigenvalue weighted by Gasteiger charge is -2.18. The number of oxazole rings is 1. The number of nitrogens with one attached hydrogen (secondary N) is 1. The van der Waals surface area contributed by atoms with Crippen LogP contribution in [0.2, 0.25) is 4.34 Å². The van der Waals surface area contributed by atoms with Crippen molar-refractivity contribution in [1.29, 1.82) is 0 Å². The molecule has 0 aliphatic carbocycles. The number of hydrogen-bond acceptors (Lipinski definition) is 8. The summed E-state index contributed by atoms with van der Waals surface area (Å²) < 4.78 is 8.28. The van der Waals surface area contributed by atoms with Crippen molar-refractivity contribution in [3.8, 4) is 23.1 Å². The number of benzene rings is 1. The zero-order valence-electron chi connectivity index (χ0n) is 23.1. The number of carbonyl (C=O) groups is 2. The van der Waals surface area contributed by atoms with Crippen LogP contribution in [-0.4, -0.2) is 31.0 Å². The number of thiophene rings is 1. The van der Waals surface area contributed by atoms with E-state index in [2.05, 4.69) is 27.2 Å². The Hall–Kier alpha value is -4.72. The molecule has 0 bridgehead atoms. The number of pyridine rings is 1. The van der Waals surface area contributed by atoms with Crippen LogP contribution in [0.4, 0.5) is 5.82 Å². The molecule has 4 heterocycles. The maximum absolute atomic E-state index is 13.9. The van der Waals surface area contributed by atoms with Crippen molar-refractivity contribution in [1.82, 2.24) is 19.3 Å². The van der Waals surface area contributed by atoms with Gasteiger partial charge in [0.25, 0.3) is 17.4 Å². The van der Waals surface area contributed by atoms with E-state index in [9.17, 15) is 14.4 Å². The van der Waals surface area contributed by atoms with Gasteiger partial charge in [-0.1, -0.05) is 62.4 Å². The molecule has 0 spiro atoms. The Kier molecular flexibility index (Phi) is 8.24. The number of aromatic nitrogens is 4. The lowest BCUT2D eigenvalue weighted by molar-refractivity contribution is 0.0752. The number of ketones is 1. The first-order chi connectivity index (χ1) is 20.1. The maximum atomic E-state index is 13.9. The standard InChI is InChI=1S/C31H26ClN5O4S/c1-31(2,3)30(40)37-26(34-18-22-11-12-25(32)42-22)17-23(35-37)27-21(10-9-20-7-5-4-6-8-20)13-15-36(29(27)39)19-24(38)28-33-14-16-41-28/h4-8,11-17,34H,18-19H2,1-3H3. The van der Waals surface area contributed by atoms with E-state index in [1.54, 1.807) is 39.0 Å². The molecule has 0 fully saturated rings. The fraction of sp³-hybridized carbons (Fsp3) is 0.194. The van der Waals surface area contributed by atoms with Gasteiger partial charge in [0, 0.05) is 33.7 Å². The Labute approximate surface area is 250 Å². The lowest BCUT2D eigenvalue weighted by Crippen LogP contribution is -2.29. The molecule has 0 radical (unpaired) electrons. The average Bonchev–Trinajstić information content (AvgIpc) is 3.73. The number of Topliss-reactive ketones (excluding diaryl/α,β-unsaturated/α-hetero) is 1. The first-order valence-corrected chi connectivity index (χ1v) is 14.2. The van der Waals surface area contributed by atoms with Gasteiger partial charge in [-0.05, 0) is 30.3 Å². The van der Waals surface area contributed by atoms with Crippen molar-refractivity contribution >= 4 is 40.4 Å². The molecule has 1 N–H and O–H groups in total. The molecule has 42 heavy (non-hydrogen) atoms. The van der Waals surface area contributed by atoms with E-state index in [0.29, 0.717) is 22.3 Å². The fourth-order valence-corrected chi connectivity index (χ4v) is 5.05. The molecule has 212 valence electrons. The van der Waals surface area contributed by atoms with Gasteiger partial charge in [0.2, 0.25) is 5.78 Å². The van der Waals surface area contributed by atoms with E-state index < -0.39 is 16.8 Å². The molecule has 5 rings (SSSR count). The summed E-state index contributed by atoms with van der Waals surface area (Å²) in [5.41, 5.74) is 0.286. The van der Waals surface area contributed by atoms with E-state index in [1.165, 1.54) is 39.2 Å². The quantitative estimate of drug-likeness (QED) is 0.180. The smallest absolute Gasteiger partial charge is 0.264 e. The van der Waals surface area contributed by atoms with Gasteiger partial charge in [0.1, 0.15) is 17.8 Å². The zero-order valence-corrected chi connectivity index (χ0v) is 24.6. The van der Waals surface area contributed by atoms with Crippen LogP contribution in [0.25, 0.3) is 11.3 Å². The topological polar surface area (TPSA) is 112 Å². The van der Waals surface area contributed by atoms with Gasteiger partial charge in [-0.25, -0.2) is 4.98 Å². The zero-order chi connectivity index (χ0) is 29.9. The van der Waals surface area contributed by atoms with Crippen LogP contribution >= 0.6 is 22.9 Å². The number of rotatable bonds is 7. The highest BCUT2D eigenvalue weighted by atomic mass is 35.5. The molecule has 0 saturated carbocycles. The molecule has 1 aromatic carbocycles.